The predicted octanol–water partition coefficient (Wildman–Crippen LogP) is 4.13. The normalized spacial score (nSPS) is 11.8. The summed E-state index contributed by atoms with van der Waals surface area (Å²) in [5.41, 5.74) is 1.04. The van der Waals surface area contributed by atoms with Crippen LogP contribution in [0.4, 0.5) is 5.69 Å². The van der Waals surface area contributed by atoms with Crippen molar-refractivity contribution in [2.75, 3.05) is 6.54 Å². The van der Waals surface area contributed by atoms with Gasteiger partial charge in [-0.25, -0.2) is 0 Å². The van der Waals surface area contributed by atoms with Crippen LogP contribution in [0.1, 0.15) is 36.5 Å². The molecule has 0 saturated heterocycles. The van der Waals surface area contributed by atoms with Crippen LogP contribution in [0.2, 0.25) is 0 Å². The molecule has 0 N–H and O–H groups in total. The number of aromatic nitrogens is 2. The Labute approximate surface area is 168 Å². The quantitative estimate of drug-likeness (QED) is 0.420. The van der Waals surface area contributed by atoms with E-state index >= 15 is 0 Å². The number of rotatable bonds is 8. The van der Waals surface area contributed by atoms with Gasteiger partial charge in [-0.3, -0.25) is 14.9 Å². The van der Waals surface area contributed by atoms with Crippen molar-refractivity contribution >= 4 is 11.6 Å². The summed E-state index contributed by atoms with van der Waals surface area (Å²) in [6.07, 6.45) is 1.14. The molecule has 0 bridgehead atoms. The highest BCUT2D eigenvalue weighted by Gasteiger charge is 2.23. The van der Waals surface area contributed by atoms with E-state index in [1.54, 1.807) is 11.0 Å². The first-order chi connectivity index (χ1) is 14.0. The van der Waals surface area contributed by atoms with E-state index in [0.717, 1.165) is 12.0 Å². The number of nitro groups is 1. The number of non-ortho nitro benzene ring substituents is 1. The van der Waals surface area contributed by atoms with Crippen molar-refractivity contribution in [1.82, 2.24) is 15.0 Å². The molecule has 1 heterocycles. The lowest BCUT2D eigenvalue weighted by atomic mass is 10.1. The van der Waals surface area contributed by atoms with Crippen molar-refractivity contribution in [3.05, 3.63) is 76.2 Å². The highest BCUT2D eigenvalue weighted by Crippen LogP contribution is 2.19. The Balaban J connectivity index is 1.75. The maximum Gasteiger partial charge on any atom is 0.270 e. The minimum Gasteiger partial charge on any atom is -0.339 e. The summed E-state index contributed by atoms with van der Waals surface area (Å²) in [5, 5.41) is 15.0. The van der Waals surface area contributed by atoms with Gasteiger partial charge in [0, 0.05) is 42.3 Å². The number of hydrogen-bond donors (Lipinski definition) is 0. The lowest BCUT2D eigenvalue weighted by molar-refractivity contribution is -0.384. The molecule has 8 heteroatoms. The van der Waals surface area contributed by atoms with Gasteiger partial charge in [-0.1, -0.05) is 48.5 Å². The number of benzene rings is 2. The second-order valence-corrected chi connectivity index (χ2v) is 6.69. The second-order valence-electron chi connectivity index (χ2n) is 6.69. The molecule has 3 aromatic rings. The van der Waals surface area contributed by atoms with Crippen LogP contribution < -0.4 is 0 Å². The Morgan fingerprint density at radius 3 is 2.66 bits per heavy atom. The zero-order chi connectivity index (χ0) is 20.8. The molecular formula is C21H22N4O4. The van der Waals surface area contributed by atoms with Crippen LogP contribution in [0.25, 0.3) is 11.4 Å². The second kappa shape index (κ2) is 9.09. The van der Waals surface area contributed by atoms with Crippen molar-refractivity contribution in [3.63, 3.8) is 0 Å². The number of hydrogen-bond acceptors (Lipinski definition) is 6. The Bertz CT molecular complexity index is 987. The molecular weight excluding hydrogens is 372 g/mol. The van der Waals surface area contributed by atoms with Gasteiger partial charge >= 0.3 is 0 Å². The maximum absolute atomic E-state index is 13.0. The number of carbonyl (C=O) groups is 1. The van der Waals surface area contributed by atoms with Crippen LogP contribution in [-0.4, -0.2) is 38.5 Å². The van der Waals surface area contributed by atoms with Crippen molar-refractivity contribution < 1.29 is 14.2 Å². The summed E-state index contributed by atoms with van der Waals surface area (Å²) in [6.45, 7) is 4.30. The fourth-order valence-corrected chi connectivity index (χ4v) is 2.94. The number of carbonyl (C=O) groups excluding carboxylic acids is 1. The van der Waals surface area contributed by atoms with E-state index < -0.39 is 4.92 Å². The number of nitrogens with zero attached hydrogens (tertiary/aromatic N) is 4. The van der Waals surface area contributed by atoms with E-state index in [-0.39, 0.29) is 23.2 Å². The van der Waals surface area contributed by atoms with Crippen molar-refractivity contribution in [2.24, 2.45) is 0 Å². The molecule has 3 rings (SSSR count). The fourth-order valence-electron chi connectivity index (χ4n) is 2.94. The lowest BCUT2D eigenvalue weighted by Crippen LogP contribution is -2.39. The summed E-state index contributed by atoms with van der Waals surface area (Å²) in [4.78, 5) is 29.6. The van der Waals surface area contributed by atoms with E-state index in [2.05, 4.69) is 10.1 Å². The van der Waals surface area contributed by atoms with Crippen molar-refractivity contribution in [1.29, 1.82) is 0 Å². The van der Waals surface area contributed by atoms with Gasteiger partial charge in [0.1, 0.15) is 0 Å². The molecule has 0 saturated carbocycles. The zero-order valence-corrected chi connectivity index (χ0v) is 16.3. The smallest absolute Gasteiger partial charge is 0.270 e. The van der Waals surface area contributed by atoms with Crippen LogP contribution in [0.3, 0.4) is 0 Å². The predicted molar refractivity (Wildman–Crippen MR) is 107 cm³/mol. The Morgan fingerprint density at radius 2 is 1.97 bits per heavy atom. The van der Waals surface area contributed by atoms with E-state index in [1.807, 2.05) is 44.2 Å². The first-order valence-electron chi connectivity index (χ1n) is 9.43. The first-order valence-corrected chi connectivity index (χ1v) is 9.43. The molecule has 29 heavy (non-hydrogen) atoms. The third kappa shape index (κ3) is 4.84. The van der Waals surface area contributed by atoms with Crippen LogP contribution in [0.5, 0.6) is 0 Å². The van der Waals surface area contributed by atoms with Gasteiger partial charge in [-0.2, -0.15) is 4.98 Å². The topological polar surface area (TPSA) is 102 Å². The molecule has 1 aromatic heterocycles. The molecule has 1 amide bonds. The molecule has 0 aliphatic heterocycles. The average molecular weight is 394 g/mol. The number of nitro benzene ring substituents is 1. The Kier molecular flexibility index (Phi) is 6.33. The molecule has 0 unspecified atom stereocenters. The molecule has 0 spiro atoms. The first kappa shape index (κ1) is 20.2. The molecule has 1 atom stereocenters. The van der Waals surface area contributed by atoms with Crippen LogP contribution in [-0.2, 0) is 6.42 Å². The summed E-state index contributed by atoms with van der Waals surface area (Å²) >= 11 is 0. The van der Waals surface area contributed by atoms with Crippen molar-refractivity contribution in [3.8, 4) is 11.4 Å². The van der Waals surface area contributed by atoms with E-state index in [9.17, 15) is 14.9 Å². The molecule has 150 valence electrons. The van der Waals surface area contributed by atoms with Crippen molar-refractivity contribution in [2.45, 2.75) is 32.7 Å². The standard InChI is InChI=1S/C21H22N4O4/c1-3-15(2)24(21(26)17-10-7-11-18(14-17)25(27)28)13-12-19-22-20(23-29-19)16-8-5-4-6-9-16/h4-11,14-15H,3,12-13H2,1-2H3/t15-/m0/s1. The largest absolute Gasteiger partial charge is 0.339 e. The molecule has 8 nitrogen and oxygen atoms in total. The minimum absolute atomic E-state index is 0.0433. The monoisotopic (exact) mass is 394 g/mol. The summed E-state index contributed by atoms with van der Waals surface area (Å²) in [5.74, 6) is 0.676. The molecule has 0 aliphatic rings. The minimum atomic E-state index is -0.506. The Morgan fingerprint density at radius 1 is 1.21 bits per heavy atom. The van der Waals surface area contributed by atoms with Crippen LogP contribution in [0.15, 0.2) is 59.1 Å². The van der Waals surface area contributed by atoms with Gasteiger partial charge in [-0.15, -0.1) is 0 Å². The summed E-state index contributed by atoms with van der Waals surface area (Å²) < 4.78 is 5.33. The SMILES string of the molecule is CC[C@H](C)N(CCc1nc(-c2ccccc2)no1)C(=O)c1cccc([N+](=O)[O-])c1. The average Bonchev–Trinajstić information content (AvgIpc) is 3.23. The third-order valence-corrected chi connectivity index (χ3v) is 4.75. The highest BCUT2D eigenvalue weighted by atomic mass is 16.6. The van der Waals surface area contributed by atoms with Crippen LogP contribution >= 0.6 is 0 Å². The lowest BCUT2D eigenvalue weighted by Gasteiger charge is -2.28. The van der Waals surface area contributed by atoms with Gasteiger partial charge in [0.25, 0.3) is 11.6 Å². The fraction of sp³-hybridized carbons (Fsp3) is 0.286. The van der Waals surface area contributed by atoms with E-state index in [4.69, 9.17) is 4.52 Å². The third-order valence-electron chi connectivity index (χ3n) is 4.75. The Hall–Kier alpha value is -3.55. The van der Waals surface area contributed by atoms with E-state index in [0.29, 0.717) is 24.7 Å². The van der Waals surface area contributed by atoms with E-state index in [1.165, 1.54) is 18.2 Å². The molecule has 2 aromatic carbocycles. The van der Waals surface area contributed by atoms with Crippen LogP contribution in [0, 0.1) is 10.1 Å². The molecule has 0 radical (unpaired) electrons. The van der Waals surface area contributed by atoms with Gasteiger partial charge in [0.15, 0.2) is 0 Å². The highest BCUT2D eigenvalue weighted by molar-refractivity contribution is 5.95. The summed E-state index contributed by atoms with van der Waals surface area (Å²) in [7, 11) is 0. The molecule has 0 aliphatic carbocycles. The summed E-state index contributed by atoms with van der Waals surface area (Å²) in [6, 6.07) is 15.2. The molecule has 0 fully saturated rings. The van der Waals surface area contributed by atoms with Gasteiger partial charge in [0.05, 0.1) is 4.92 Å². The van der Waals surface area contributed by atoms with Gasteiger partial charge < -0.3 is 9.42 Å². The number of amides is 1. The van der Waals surface area contributed by atoms with Gasteiger partial charge in [-0.05, 0) is 19.4 Å². The maximum atomic E-state index is 13.0. The van der Waals surface area contributed by atoms with Gasteiger partial charge in [0.2, 0.25) is 11.7 Å². The zero-order valence-electron chi connectivity index (χ0n) is 16.3.